The summed E-state index contributed by atoms with van der Waals surface area (Å²) in [5, 5.41) is 14.9. The highest BCUT2D eigenvalue weighted by Gasteiger charge is 2.29. The van der Waals surface area contributed by atoms with Crippen molar-refractivity contribution in [3.8, 4) is 23.0 Å². The Morgan fingerprint density at radius 1 is 1.12 bits per heavy atom. The molecule has 5 nitrogen and oxygen atoms in total. The second-order valence-electron chi connectivity index (χ2n) is 8.23. The lowest BCUT2D eigenvalue weighted by atomic mass is 9.94. The fraction of sp³-hybridized carbons (Fsp3) is 0.320. The minimum absolute atomic E-state index is 0.0897. The Morgan fingerprint density at radius 2 is 1.81 bits per heavy atom. The van der Waals surface area contributed by atoms with Gasteiger partial charge in [-0.1, -0.05) is 54.6 Å². The minimum atomic E-state index is -0.0897. The highest BCUT2D eigenvalue weighted by Crippen LogP contribution is 2.33. The van der Waals surface area contributed by atoms with Crippen molar-refractivity contribution in [1.82, 2.24) is 14.7 Å². The van der Waals surface area contributed by atoms with Crippen molar-refractivity contribution in [2.24, 2.45) is 0 Å². The van der Waals surface area contributed by atoms with E-state index in [4.69, 9.17) is 33.6 Å². The van der Waals surface area contributed by atoms with Crippen LogP contribution in [0, 0.1) is 18.3 Å². The smallest absolute Gasteiger partial charge is 0.274 e. The Kier molecular flexibility index (Phi) is 6.55. The number of halogens is 2. The number of hydrogen-bond acceptors (Lipinski definition) is 3. The maximum absolute atomic E-state index is 13.5. The molecule has 3 aromatic rings. The standard InChI is InChI=1S/C25H24Cl2N4O/c1-16-23(25(32)30(2)20-6-4-3-5-7-20)29-31(22-13-12-19(26)14-21(22)27)24(16)18-10-8-17(15-28)9-11-18/h8-14,20H,3-7H2,1-2H3. The number of carbonyl (C=O) groups is 1. The van der Waals surface area contributed by atoms with Crippen molar-refractivity contribution in [3.05, 3.63) is 69.3 Å². The van der Waals surface area contributed by atoms with Crippen LogP contribution >= 0.6 is 23.2 Å². The lowest BCUT2D eigenvalue weighted by Gasteiger charge is -2.30. The predicted octanol–water partition coefficient (Wildman–Crippen LogP) is 6.43. The molecule has 4 rings (SSSR count). The summed E-state index contributed by atoms with van der Waals surface area (Å²) in [4.78, 5) is 15.3. The molecule has 2 aromatic carbocycles. The molecule has 0 radical (unpaired) electrons. The molecule has 32 heavy (non-hydrogen) atoms. The second-order valence-corrected chi connectivity index (χ2v) is 9.07. The summed E-state index contributed by atoms with van der Waals surface area (Å²) in [7, 11) is 1.87. The summed E-state index contributed by atoms with van der Waals surface area (Å²) in [6.45, 7) is 1.91. The van der Waals surface area contributed by atoms with Gasteiger partial charge in [0.25, 0.3) is 5.91 Å². The van der Waals surface area contributed by atoms with Gasteiger partial charge in [-0.3, -0.25) is 4.79 Å². The largest absolute Gasteiger partial charge is 0.337 e. The van der Waals surface area contributed by atoms with E-state index < -0.39 is 0 Å². The maximum Gasteiger partial charge on any atom is 0.274 e. The van der Waals surface area contributed by atoms with Gasteiger partial charge in [0.2, 0.25) is 0 Å². The van der Waals surface area contributed by atoms with Crippen molar-refractivity contribution < 1.29 is 4.79 Å². The lowest BCUT2D eigenvalue weighted by molar-refractivity contribution is 0.0689. The number of carbonyl (C=O) groups excluding carboxylic acids is 1. The van der Waals surface area contributed by atoms with Crippen molar-refractivity contribution in [2.75, 3.05) is 7.05 Å². The van der Waals surface area contributed by atoms with E-state index in [9.17, 15) is 4.79 Å². The van der Waals surface area contributed by atoms with Crippen LogP contribution in [-0.4, -0.2) is 33.7 Å². The average molecular weight is 467 g/mol. The molecule has 1 heterocycles. The van der Waals surface area contributed by atoms with E-state index in [1.807, 2.05) is 31.0 Å². The number of rotatable bonds is 4. The van der Waals surface area contributed by atoms with Crippen LogP contribution in [0.5, 0.6) is 0 Å². The highest BCUT2D eigenvalue weighted by molar-refractivity contribution is 6.35. The number of nitriles is 1. The summed E-state index contributed by atoms with van der Waals surface area (Å²) in [6.07, 6.45) is 5.56. The number of nitrogens with zero attached hydrogens (tertiary/aromatic N) is 4. The molecule has 1 aromatic heterocycles. The number of aromatic nitrogens is 2. The zero-order valence-corrected chi connectivity index (χ0v) is 19.6. The van der Waals surface area contributed by atoms with E-state index in [1.165, 1.54) is 6.42 Å². The molecule has 0 bridgehead atoms. The third-order valence-corrected chi connectivity index (χ3v) is 6.73. The van der Waals surface area contributed by atoms with Crippen LogP contribution in [0.25, 0.3) is 16.9 Å². The molecule has 1 amide bonds. The molecular formula is C25H24Cl2N4O. The molecule has 1 saturated carbocycles. The monoisotopic (exact) mass is 466 g/mol. The Hall–Kier alpha value is -2.81. The first-order valence-corrected chi connectivity index (χ1v) is 11.5. The van der Waals surface area contributed by atoms with Gasteiger partial charge in [0.15, 0.2) is 5.69 Å². The molecular weight excluding hydrogens is 443 g/mol. The normalized spacial score (nSPS) is 14.2. The Morgan fingerprint density at radius 3 is 2.44 bits per heavy atom. The maximum atomic E-state index is 13.5. The van der Waals surface area contributed by atoms with E-state index in [0.29, 0.717) is 27.0 Å². The molecule has 0 N–H and O–H groups in total. The summed E-state index contributed by atoms with van der Waals surface area (Å²) in [6, 6.07) is 14.8. The molecule has 1 aliphatic rings. The van der Waals surface area contributed by atoms with E-state index >= 15 is 0 Å². The number of benzene rings is 2. The summed E-state index contributed by atoms with van der Waals surface area (Å²) in [5.41, 5.74) is 3.99. The van der Waals surface area contributed by atoms with Gasteiger partial charge in [0.1, 0.15) is 0 Å². The van der Waals surface area contributed by atoms with Gasteiger partial charge in [-0.15, -0.1) is 0 Å². The first kappa shape index (κ1) is 22.4. The van der Waals surface area contributed by atoms with Gasteiger partial charge in [0, 0.05) is 29.2 Å². The van der Waals surface area contributed by atoms with Crippen LogP contribution in [0.15, 0.2) is 42.5 Å². The Bertz CT molecular complexity index is 1190. The summed E-state index contributed by atoms with van der Waals surface area (Å²) >= 11 is 12.6. The topological polar surface area (TPSA) is 61.9 Å². The molecule has 0 unspecified atom stereocenters. The molecule has 0 saturated heterocycles. The van der Waals surface area contributed by atoms with E-state index in [1.54, 1.807) is 35.0 Å². The average Bonchev–Trinajstić information content (AvgIpc) is 3.15. The Balaban J connectivity index is 1.84. The van der Waals surface area contributed by atoms with Crippen LogP contribution in [0.2, 0.25) is 10.0 Å². The van der Waals surface area contributed by atoms with Crippen LogP contribution in [-0.2, 0) is 0 Å². The SMILES string of the molecule is Cc1c(C(=O)N(C)C2CCCCC2)nn(-c2ccc(Cl)cc2Cl)c1-c1ccc(C#N)cc1. The molecule has 7 heteroatoms. The summed E-state index contributed by atoms with van der Waals surface area (Å²) < 4.78 is 1.71. The lowest BCUT2D eigenvalue weighted by Crippen LogP contribution is -2.38. The predicted molar refractivity (Wildman–Crippen MR) is 127 cm³/mol. The van der Waals surface area contributed by atoms with E-state index in [2.05, 4.69) is 6.07 Å². The van der Waals surface area contributed by atoms with Gasteiger partial charge in [-0.25, -0.2) is 4.68 Å². The first-order valence-electron chi connectivity index (χ1n) is 10.7. The van der Waals surface area contributed by atoms with Crippen molar-refractivity contribution in [1.29, 1.82) is 5.26 Å². The van der Waals surface area contributed by atoms with Gasteiger partial charge in [-0.05, 0) is 50.1 Å². The van der Waals surface area contributed by atoms with Crippen LogP contribution in [0.3, 0.4) is 0 Å². The number of amides is 1. The van der Waals surface area contributed by atoms with Gasteiger partial charge < -0.3 is 4.90 Å². The van der Waals surface area contributed by atoms with Gasteiger partial charge in [0.05, 0.1) is 28.0 Å². The van der Waals surface area contributed by atoms with Crippen molar-refractivity contribution in [2.45, 2.75) is 45.1 Å². The van der Waals surface area contributed by atoms with Crippen molar-refractivity contribution >= 4 is 29.1 Å². The van der Waals surface area contributed by atoms with Crippen molar-refractivity contribution in [3.63, 3.8) is 0 Å². The van der Waals surface area contributed by atoms with Gasteiger partial charge >= 0.3 is 0 Å². The zero-order chi connectivity index (χ0) is 22.8. The zero-order valence-electron chi connectivity index (χ0n) is 18.1. The third-order valence-electron chi connectivity index (χ3n) is 6.19. The van der Waals surface area contributed by atoms with Crippen LogP contribution in [0.4, 0.5) is 0 Å². The molecule has 164 valence electrons. The van der Waals surface area contributed by atoms with Crippen LogP contribution < -0.4 is 0 Å². The molecule has 0 aliphatic heterocycles. The molecule has 0 spiro atoms. The molecule has 0 atom stereocenters. The second kappa shape index (κ2) is 9.36. The number of hydrogen-bond donors (Lipinski definition) is 0. The first-order chi connectivity index (χ1) is 15.4. The van der Waals surface area contributed by atoms with E-state index in [0.717, 1.165) is 42.5 Å². The van der Waals surface area contributed by atoms with Gasteiger partial charge in [-0.2, -0.15) is 10.4 Å². The fourth-order valence-corrected chi connectivity index (χ4v) is 4.86. The summed E-state index contributed by atoms with van der Waals surface area (Å²) in [5.74, 6) is -0.0897. The third kappa shape index (κ3) is 4.26. The highest BCUT2D eigenvalue weighted by atomic mass is 35.5. The quantitative estimate of drug-likeness (QED) is 0.444. The molecule has 1 fully saturated rings. The minimum Gasteiger partial charge on any atom is -0.337 e. The molecule has 1 aliphatic carbocycles. The van der Waals surface area contributed by atoms with E-state index in [-0.39, 0.29) is 11.9 Å². The van der Waals surface area contributed by atoms with Crippen LogP contribution in [0.1, 0.15) is 53.7 Å². The Labute approximate surface area is 198 Å². The fourth-order valence-electron chi connectivity index (χ4n) is 4.37.